The maximum atomic E-state index is 12.0. The van der Waals surface area contributed by atoms with Crippen LogP contribution >= 0.6 is 0 Å². The fourth-order valence-corrected chi connectivity index (χ4v) is 5.24. The van der Waals surface area contributed by atoms with Gasteiger partial charge in [-0.15, -0.1) is 0 Å². The molecule has 3 aromatic carbocycles. The molecule has 0 radical (unpaired) electrons. The summed E-state index contributed by atoms with van der Waals surface area (Å²) in [4.78, 5) is 12.0. The first-order valence-electron chi connectivity index (χ1n) is 13.8. The van der Waals surface area contributed by atoms with Gasteiger partial charge in [-0.05, 0) is 73.2 Å². The molecule has 0 saturated heterocycles. The highest BCUT2D eigenvalue weighted by Gasteiger charge is 2.46. The molecule has 0 unspecified atom stereocenters. The van der Waals surface area contributed by atoms with Crippen molar-refractivity contribution in [2.45, 2.75) is 33.1 Å². The Hall–Kier alpha value is -3.67. The van der Waals surface area contributed by atoms with E-state index in [2.05, 4.69) is 79.7 Å². The quantitative estimate of drug-likeness (QED) is 0.139. The molecule has 40 heavy (non-hydrogen) atoms. The second-order valence-corrected chi connectivity index (χ2v) is 10.8. The number of ether oxygens (including phenoxy) is 4. The van der Waals surface area contributed by atoms with Gasteiger partial charge in [0.1, 0.15) is 19.0 Å². The Morgan fingerprint density at radius 2 is 1.45 bits per heavy atom. The number of hydrogen-bond acceptors (Lipinski definition) is 5. The molecule has 0 saturated carbocycles. The van der Waals surface area contributed by atoms with Crippen LogP contribution < -0.4 is 4.74 Å². The standard InChI is InChI=1S/C35H40O5/c1-6-26(12-11-21-38-23-25-40-33(36)34(2,3)4)35(27-17-19-28(20-18-27)39-24-22-37-5)31-15-9-7-13-29(31)30-14-8-10-16-32(30)35/h6-20H,21-25H2,1-5H3/b12-11-,26-6+. The summed E-state index contributed by atoms with van der Waals surface area (Å²) < 4.78 is 22.1. The molecule has 0 heterocycles. The van der Waals surface area contributed by atoms with Gasteiger partial charge in [0.15, 0.2) is 0 Å². The summed E-state index contributed by atoms with van der Waals surface area (Å²) in [5.74, 6) is 0.590. The smallest absolute Gasteiger partial charge is 0.311 e. The third kappa shape index (κ3) is 6.06. The fraction of sp³-hybridized carbons (Fsp3) is 0.343. The molecule has 5 heteroatoms. The largest absolute Gasteiger partial charge is 0.491 e. The lowest BCUT2D eigenvalue weighted by atomic mass is 9.67. The maximum Gasteiger partial charge on any atom is 0.311 e. The highest BCUT2D eigenvalue weighted by atomic mass is 16.6. The summed E-state index contributed by atoms with van der Waals surface area (Å²) in [7, 11) is 1.67. The zero-order valence-corrected chi connectivity index (χ0v) is 24.2. The Morgan fingerprint density at radius 1 is 0.825 bits per heavy atom. The van der Waals surface area contributed by atoms with E-state index in [0.717, 1.165) is 16.9 Å². The van der Waals surface area contributed by atoms with Gasteiger partial charge in [-0.1, -0.05) is 78.9 Å². The topological polar surface area (TPSA) is 54.0 Å². The minimum Gasteiger partial charge on any atom is -0.491 e. The molecule has 1 aliphatic rings. The molecule has 4 rings (SSSR count). The van der Waals surface area contributed by atoms with Crippen LogP contribution in [0.1, 0.15) is 44.4 Å². The number of carbonyl (C=O) groups is 1. The molecular weight excluding hydrogens is 500 g/mol. The molecule has 0 atom stereocenters. The third-order valence-corrected chi connectivity index (χ3v) is 7.12. The van der Waals surface area contributed by atoms with Crippen LogP contribution in [0.3, 0.4) is 0 Å². The molecule has 5 nitrogen and oxygen atoms in total. The van der Waals surface area contributed by atoms with E-state index in [-0.39, 0.29) is 12.6 Å². The lowest BCUT2D eigenvalue weighted by molar-refractivity contribution is -0.154. The number of methoxy groups -OCH3 is 1. The molecular formula is C35H40O5. The van der Waals surface area contributed by atoms with Crippen molar-refractivity contribution in [3.63, 3.8) is 0 Å². The first kappa shape index (κ1) is 29.3. The molecule has 1 aliphatic carbocycles. The first-order valence-corrected chi connectivity index (χ1v) is 13.8. The highest BCUT2D eigenvalue weighted by Crippen LogP contribution is 2.56. The van der Waals surface area contributed by atoms with Crippen molar-refractivity contribution < 1.29 is 23.7 Å². The fourth-order valence-electron chi connectivity index (χ4n) is 5.24. The van der Waals surface area contributed by atoms with Crippen molar-refractivity contribution in [2.24, 2.45) is 5.41 Å². The minimum absolute atomic E-state index is 0.224. The van der Waals surface area contributed by atoms with Crippen LogP contribution in [0.5, 0.6) is 5.75 Å². The monoisotopic (exact) mass is 540 g/mol. The van der Waals surface area contributed by atoms with Crippen molar-refractivity contribution in [1.82, 2.24) is 0 Å². The molecule has 0 bridgehead atoms. The number of benzene rings is 3. The summed E-state index contributed by atoms with van der Waals surface area (Å²) >= 11 is 0. The molecule has 0 aliphatic heterocycles. The minimum atomic E-state index is -0.517. The van der Waals surface area contributed by atoms with E-state index >= 15 is 0 Å². The van der Waals surface area contributed by atoms with E-state index < -0.39 is 10.8 Å². The lowest BCUT2D eigenvalue weighted by Gasteiger charge is -2.35. The summed E-state index contributed by atoms with van der Waals surface area (Å²) in [5, 5.41) is 0. The van der Waals surface area contributed by atoms with Crippen molar-refractivity contribution >= 4 is 5.97 Å². The van der Waals surface area contributed by atoms with Crippen molar-refractivity contribution in [3.8, 4) is 16.9 Å². The maximum absolute atomic E-state index is 12.0. The van der Waals surface area contributed by atoms with Crippen LogP contribution in [0.2, 0.25) is 0 Å². The molecule has 0 amide bonds. The van der Waals surface area contributed by atoms with Gasteiger partial charge in [0.25, 0.3) is 0 Å². The zero-order valence-electron chi connectivity index (χ0n) is 24.2. The molecule has 0 aromatic heterocycles. The van der Waals surface area contributed by atoms with Gasteiger partial charge in [0.05, 0.1) is 30.7 Å². The lowest BCUT2D eigenvalue weighted by Crippen LogP contribution is -2.29. The van der Waals surface area contributed by atoms with Gasteiger partial charge < -0.3 is 18.9 Å². The molecule has 0 N–H and O–H groups in total. The van der Waals surface area contributed by atoms with Crippen LogP contribution in [0.15, 0.2) is 96.6 Å². The molecule has 0 spiro atoms. The van der Waals surface area contributed by atoms with Crippen molar-refractivity contribution in [3.05, 3.63) is 113 Å². The predicted octanol–water partition coefficient (Wildman–Crippen LogP) is 7.14. The van der Waals surface area contributed by atoms with Gasteiger partial charge in [-0.25, -0.2) is 0 Å². The van der Waals surface area contributed by atoms with Crippen LogP contribution in [0.4, 0.5) is 0 Å². The first-order chi connectivity index (χ1) is 19.3. The van der Waals surface area contributed by atoms with Gasteiger partial charge in [0.2, 0.25) is 0 Å². The normalized spacial score (nSPS) is 14.2. The highest BCUT2D eigenvalue weighted by molar-refractivity contribution is 5.86. The van der Waals surface area contributed by atoms with E-state index in [1.807, 2.05) is 39.0 Å². The van der Waals surface area contributed by atoms with E-state index in [1.54, 1.807) is 7.11 Å². The Bertz CT molecular complexity index is 1300. The third-order valence-electron chi connectivity index (χ3n) is 7.12. The van der Waals surface area contributed by atoms with E-state index in [4.69, 9.17) is 18.9 Å². The van der Waals surface area contributed by atoms with Crippen LogP contribution in [-0.2, 0) is 24.4 Å². The average Bonchev–Trinajstić information content (AvgIpc) is 3.26. The van der Waals surface area contributed by atoms with E-state index in [0.29, 0.717) is 26.4 Å². The summed E-state index contributed by atoms with van der Waals surface area (Å²) in [6, 6.07) is 25.7. The number of rotatable bonds is 12. The molecule has 3 aromatic rings. The molecule has 210 valence electrons. The SMILES string of the molecule is C/C=C(\C=C/COCCOC(=O)C(C)(C)C)C1(c2ccc(OCCOC)cc2)c2ccccc2-c2ccccc21. The summed E-state index contributed by atoms with van der Waals surface area (Å²) in [6.45, 7) is 9.66. The molecule has 0 fully saturated rings. The van der Waals surface area contributed by atoms with Gasteiger partial charge in [0, 0.05) is 7.11 Å². The second kappa shape index (κ2) is 13.1. The number of hydrogen-bond donors (Lipinski definition) is 0. The van der Waals surface area contributed by atoms with Gasteiger partial charge >= 0.3 is 5.97 Å². The van der Waals surface area contributed by atoms with E-state index in [9.17, 15) is 4.79 Å². The van der Waals surface area contributed by atoms with Crippen molar-refractivity contribution in [1.29, 1.82) is 0 Å². The summed E-state index contributed by atoms with van der Waals surface area (Å²) in [5.41, 5.74) is 6.28. The van der Waals surface area contributed by atoms with Gasteiger partial charge in [-0.2, -0.15) is 0 Å². The predicted molar refractivity (Wildman–Crippen MR) is 160 cm³/mol. The average molecular weight is 541 g/mol. The number of allylic oxidation sites excluding steroid dienone is 3. The van der Waals surface area contributed by atoms with Crippen LogP contribution in [-0.4, -0.2) is 46.1 Å². The summed E-state index contributed by atoms with van der Waals surface area (Å²) in [6.07, 6.45) is 6.38. The van der Waals surface area contributed by atoms with Crippen LogP contribution in [0, 0.1) is 5.41 Å². The van der Waals surface area contributed by atoms with Crippen LogP contribution in [0.25, 0.3) is 11.1 Å². The zero-order chi connectivity index (χ0) is 28.6. The number of esters is 1. The Balaban J connectivity index is 1.63. The van der Waals surface area contributed by atoms with E-state index in [1.165, 1.54) is 22.3 Å². The Morgan fingerprint density at radius 3 is 2.02 bits per heavy atom. The number of fused-ring (bicyclic) bond motifs is 3. The Labute approximate surface area is 238 Å². The van der Waals surface area contributed by atoms with Gasteiger partial charge in [-0.3, -0.25) is 4.79 Å². The van der Waals surface area contributed by atoms with Crippen molar-refractivity contribution in [2.75, 3.05) is 40.1 Å². The Kier molecular flexibility index (Phi) is 9.62. The number of carbonyl (C=O) groups excluding carboxylic acids is 1. The second-order valence-electron chi connectivity index (χ2n) is 10.8.